The van der Waals surface area contributed by atoms with Crippen molar-refractivity contribution in [3.63, 3.8) is 0 Å². The highest BCUT2D eigenvalue weighted by molar-refractivity contribution is 7.90. The number of sulfonamides is 1. The van der Waals surface area contributed by atoms with Gasteiger partial charge in [-0.1, -0.05) is 35.9 Å². The van der Waals surface area contributed by atoms with E-state index in [4.69, 9.17) is 16.3 Å². The molecular formula is C15H12ClN3O4S. The number of fused-ring (bicyclic) bond motifs is 1. The van der Waals surface area contributed by atoms with Gasteiger partial charge in [0.25, 0.3) is 10.0 Å². The first kappa shape index (κ1) is 16.3. The van der Waals surface area contributed by atoms with Crippen molar-refractivity contribution in [2.24, 2.45) is 0 Å². The number of aryl methyl sites for hydroxylation is 1. The third-order valence-corrected chi connectivity index (χ3v) is 4.88. The number of imidazole rings is 1. The Morgan fingerprint density at radius 3 is 2.58 bits per heavy atom. The van der Waals surface area contributed by atoms with Gasteiger partial charge in [-0.25, -0.2) is 14.5 Å². The van der Waals surface area contributed by atoms with Crippen molar-refractivity contribution in [3.8, 4) is 5.75 Å². The van der Waals surface area contributed by atoms with E-state index in [1.807, 2.05) is 4.72 Å². The van der Waals surface area contributed by atoms with E-state index in [0.29, 0.717) is 11.3 Å². The number of ether oxygens (including phenoxy) is 1. The highest BCUT2D eigenvalue weighted by Gasteiger charge is 2.28. The molecular weight excluding hydrogens is 354 g/mol. The number of benzene rings is 1. The van der Waals surface area contributed by atoms with Crippen molar-refractivity contribution in [2.45, 2.75) is 11.9 Å². The van der Waals surface area contributed by atoms with Gasteiger partial charge in [0.15, 0.2) is 10.2 Å². The Balaban J connectivity index is 1.94. The average molecular weight is 366 g/mol. The highest BCUT2D eigenvalue weighted by Crippen LogP contribution is 2.24. The van der Waals surface area contributed by atoms with Gasteiger partial charge in [0.05, 0.1) is 0 Å². The number of carbonyl (C=O) groups excluding carboxylic acids is 1. The maximum absolute atomic E-state index is 12.5. The molecule has 7 nitrogen and oxygen atoms in total. The zero-order chi connectivity index (χ0) is 17.3. The lowest BCUT2D eigenvalue weighted by atomic mass is 10.3. The molecule has 0 saturated carbocycles. The van der Waals surface area contributed by atoms with Gasteiger partial charge in [-0.05, 0) is 31.2 Å². The number of hydrogen-bond donors (Lipinski definition) is 1. The molecule has 1 N–H and O–H groups in total. The number of halogens is 1. The lowest BCUT2D eigenvalue weighted by Gasteiger charge is -2.09. The fraction of sp³-hybridized carbons (Fsp3) is 0.0667. The Bertz CT molecular complexity index is 1020. The van der Waals surface area contributed by atoms with Crippen molar-refractivity contribution in [1.29, 1.82) is 0 Å². The normalized spacial score (nSPS) is 11.4. The summed E-state index contributed by atoms with van der Waals surface area (Å²) < 4.78 is 33.2. The molecule has 0 fully saturated rings. The summed E-state index contributed by atoms with van der Waals surface area (Å²) >= 11 is 5.96. The third kappa shape index (κ3) is 3.06. The van der Waals surface area contributed by atoms with Crippen molar-refractivity contribution in [3.05, 3.63) is 59.4 Å². The predicted molar refractivity (Wildman–Crippen MR) is 87.7 cm³/mol. The summed E-state index contributed by atoms with van der Waals surface area (Å²) in [6.45, 7) is 1.70. The largest absolute Gasteiger partial charge is 0.426 e. The smallest absolute Gasteiger partial charge is 0.410 e. The van der Waals surface area contributed by atoms with E-state index in [1.54, 1.807) is 43.3 Å². The molecule has 2 aromatic heterocycles. The Labute approximate surface area is 142 Å². The summed E-state index contributed by atoms with van der Waals surface area (Å²) in [7, 11) is -4.27. The highest BCUT2D eigenvalue weighted by atomic mass is 35.5. The summed E-state index contributed by atoms with van der Waals surface area (Å²) in [5, 5.41) is -0.549. The predicted octanol–water partition coefficient (Wildman–Crippen LogP) is 2.77. The van der Waals surface area contributed by atoms with Crippen LogP contribution < -0.4 is 9.46 Å². The van der Waals surface area contributed by atoms with Gasteiger partial charge in [0.2, 0.25) is 0 Å². The lowest BCUT2D eigenvalue weighted by Crippen LogP contribution is -2.34. The molecule has 1 aromatic carbocycles. The van der Waals surface area contributed by atoms with E-state index in [9.17, 15) is 13.2 Å². The molecule has 0 atom stereocenters. The van der Waals surface area contributed by atoms with Crippen LogP contribution in [0.2, 0.25) is 5.15 Å². The SMILES string of the molecule is Cc1cccc2nc(Cl)c(S(=O)(=O)NC(=O)Oc3ccccc3)n12. The van der Waals surface area contributed by atoms with Crippen molar-refractivity contribution in [2.75, 3.05) is 0 Å². The molecule has 2 heterocycles. The number of nitrogens with zero attached hydrogens (tertiary/aromatic N) is 2. The second-order valence-electron chi connectivity index (χ2n) is 4.88. The molecule has 3 aromatic rings. The molecule has 24 heavy (non-hydrogen) atoms. The van der Waals surface area contributed by atoms with Gasteiger partial charge in [-0.3, -0.25) is 4.40 Å². The number of carbonyl (C=O) groups is 1. The lowest BCUT2D eigenvalue weighted by molar-refractivity contribution is 0.207. The number of amides is 1. The molecule has 0 aliphatic heterocycles. The van der Waals surface area contributed by atoms with E-state index < -0.39 is 16.1 Å². The fourth-order valence-electron chi connectivity index (χ4n) is 2.20. The number of para-hydroxylation sites is 1. The molecule has 0 radical (unpaired) electrons. The molecule has 0 aliphatic rings. The van der Waals surface area contributed by atoms with Crippen LogP contribution >= 0.6 is 11.6 Å². The molecule has 0 saturated heterocycles. The van der Waals surface area contributed by atoms with Gasteiger partial charge in [0, 0.05) is 5.69 Å². The minimum Gasteiger partial charge on any atom is -0.410 e. The number of nitrogens with one attached hydrogen (secondary N) is 1. The summed E-state index contributed by atoms with van der Waals surface area (Å²) in [6, 6.07) is 13.1. The molecule has 9 heteroatoms. The topological polar surface area (TPSA) is 89.8 Å². The molecule has 0 aliphatic carbocycles. The molecule has 3 rings (SSSR count). The van der Waals surface area contributed by atoms with Gasteiger partial charge in [-0.2, -0.15) is 8.42 Å². The number of aromatic nitrogens is 2. The fourth-order valence-corrected chi connectivity index (χ4v) is 3.78. The summed E-state index contributed by atoms with van der Waals surface area (Å²) in [5.41, 5.74) is 0.959. The van der Waals surface area contributed by atoms with E-state index in [-0.39, 0.29) is 15.9 Å². The third-order valence-electron chi connectivity index (χ3n) is 3.18. The van der Waals surface area contributed by atoms with Gasteiger partial charge in [0.1, 0.15) is 11.4 Å². The first-order valence-corrected chi connectivity index (χ1v) is 8.68. The molecule has 0 unspecified atom stereocenters. The maximum atomic E-state index is 12.5. The standard InChI is InChI=1S/C15H12ClN3O4S/c1-10-6-5-9-12-17-13(16)14(19(10)12)24(21,22)18-15(20)23-11-7-3-2-4-8-11/h2-9H,1H3,(H,18,20). The number of pyridine rings is 1. The Kier molecular flexibility index (Phi) is 4.16. The van der Waals surface area contributed by atoms with E-state index in [1.165, 1.54) is 16.5 Å². The van der Waals surface area contributed by atoms with Crippen LogP contribution in [0.5, 0.6) is 5.75 Å². The van der Waals surface area contributed by atoms with Crippen LogP contribution in [0.1, 0.15) is 5.69 Å². The van der Waals surface area contributed by atoms with Crippen LogP contribution in [-0.2, 0) is 10.0 Å². The minimum atomic E-state index is -4.27. The van der Waals surface area contributed by atoms with Crippen LogP contribution in [0, 0.1) is 6.92 Å². The van der Waals surface area contributed by atoms with E-state index >= 15 is 0 Å². The summed E-state index contributed by atoms with van der Waals surface area (Å²) in [5.74, 6) is 0.214. The van der Waals surface area contributed by atoms with Crippen LogP contribution in [0.15, 0.2) is 53.6 Å². The van der Waals surface area contributed by atoms with E-state index in [0.717, 1.165) is 0 Å². The quantitative estimate of drug-likeness (QED) is 0.770. The Morgan fingerprint density at radius 1 is 1.17 bits per heavy atom. The van der Waals surface area contributed by atoms with Crippen LogP contribution in [0.4, 0.5) is 4.79 Å². The zero-order valence-electron chi connectivity index (χ0n) is 12.4. The van der Waals surface area contributed by atoms with Crippen molar-refractivity contribution < 1.29 is 17.9 Å². The molecule has 1 amide bonds. The first-order valence-electron chi connectivity index (χ1n) is 6.82. The van der Waals surface area contributed by atoms with Gasteiger partial charge >= 0.3 is 6.09 Å². The molecule has 0 bridgehead atoms. The van der Waals surface area contributed by atoms with Crippen LogP contribution in [-0.4, -0.2) is 23.9 Å². The monoisotopic (exact) mass is 365 g/mol. The number of rotatable bonds is 3. The Morgan fingerprint density at radius 2 is 1.88 bits per heavy atom. The van der Waals surface area contributed by atoms with E-state index in [2.05, 4.69) is 4.98 Å². The molecule has 0 spiro atoms. The van der Waals surface area contributed by atoms with Gasteiger partial charge < -0.3 is 4.74 Å². The van der Waals surface area contributed by atoms with Crippen LogP contribution in [0.3, 0.4) is 0 Å². The second kappa shape index (κ2) is 6.14. The summed E-state index contributed by atoms with van der Waals surface area (Å²) in [4.78, 5) is 15.9. The summed E-state index contributed by atoms with van der Waals surface area (Å²) in [6.07, 6.45) is -1.14. The van der Waals surface area contributed by atoms with Crippen LogP contribution in [0.25, 0.3) is 5.65 Å². The second-order valence-corrected chi connectivity index (χ2v) is 6.83. The Hall–Kier alpha value is -2.58. The van der Waals surface area contributed by atoms with Crippen molar-refractivity contribution in [1.82, 2.24) is 14.1 Å². The maximum Gasteiger partial charge on any atom is 0.426 e. The van der Waals surface area contributed by atoms with Crippen molar-refractivity contribution >= 4 is 33.4 Å². The zero-order valence-corrected chi connectivity index (χ0v) is 14.0. The van der Waals surface area contributed by atoms with Gasteiger partial charge in [-0.15, -0.1) is 0 Å². The minimum absolute atomic E-state index is 0.214. The average Bonchev–Trinajstić information content (AvgIpc) is 2.86. The first-order chi connectivity index (χ1) is 11.4. The number of hydrogen-bond acceptors (Lipinski definition) is 5. The molecule has 124 valence electrons.